The Bertz CT molecular complexity index is 311. The van der Waals surface area contributed by atoms with E-state index >= 15 is 0 Å². The topological polar surface area (TPSA) is 80.7 Å². The Morgan fingerprint density at radius 2 is 2.07 bits per heavy atom. The van der Waals surface area contributed by atoms with Crippen molar-refractivity contribution in [2.24, 2.45) is 0 Å². The van der Waals surface area contributed by atoms with Crippen molar-refractivity contribution >= 4 is 16.1 Å². The van der Waals surface area contributed by atoms with Crippen LogP contribution in [-0.4, -0.2) is 26.0 Å². The van der Waals surface area contributed by atoms with Crippen LogP contribution < -0.4 is 51.4 Å². The summed E-state index contributed by atoms with van der Waals surface area (Å²) >= 11 is 0. The van der Waals surface area contributed by atoms with Crippen molar-refractivity contribution in [2.45, 2.75) is 19.8 Å². The Balaban J connectivity index is -0.000000720. The molecule has 0 amide bonds. The summed E-state index contributed by atoms with van der Waals surface area (Å²) in [5.41, 5.74) is -0.0486. The van der Waals surface area contributed by atoms with Crippen molar-refractivity contribution in [1.29, 1.82) is 0 Å². The molecule has 0 aromatic carbocycles. The molecule has 0 saturated heterocycles. The minimum atomic E-state index is -4.26. The molecule has 0 fully saturated rings. The Labute approximate surface area is 128 Å². The molecule has 0 radical (unpaired) electrons. The van der Waals surface area contributed by atoms with E-state index in [1.54, 1.807) is 6.92 Å². The summed E-state index contributed by atoms with van der Waals surface area (Å²) in [5.74, 6) is -0.737. The van der Waals surface area contributed by atoms with Crippen LogP contribution in [0.1, 0.15) is 21.2 Å². The smallest absolute Gasteiger partial charge is 1.00 e. The van der Waals surface area contributed by atoms with E-state index < -0.39 is 16.1 Å². The molecule has 78 valence electrons. The molecule has 0 aliphatic heterocycles. The number of carbonyl (C=O) groups is 1. The second kappa shape index (κ2) is 7.97. The molecule has 5 nitrogen and oxygen atoms in total. The third kappa shape index (κ3) is 8.10. The fourth-order valence-corrected chi connectivity index (χ4v) is 1.36. The summed E-state index contributed by atoms with van der Waals surface area (Å²) in [6.45, 7) is 1.78. The van der Waals surface area contributed by atoms with Gasteiger partial charge in [0.15, 0.2) is 0 Å². The summed E-state index contributed by atoms with van der Waals surface area (Å²) in [6, 6.07) is 0. The van der Waals surface area contributed by atoms with Crippen molar-refractivity contribution in [3.63, 3.8) is 0 Å². The van der Waals surface area contributed by atoms with E-state index in [-0.39, 0.29) is 64.8 Å². The Morgan fingerprint density at radius 3 is 2.36 bits per heavy atom. The summed E-state index contributed by atoms with van der Waals surface area (Å²) in [6.07, 6.45) is 0.850. The van der Waals surface area contributed by atoms with Crippen LogP contribution in [0.3, 0.4) is 0 Å². The van der Waals surface area contributed by atoms with Gasteiger partial charge in [0.1, 0.15) is 0 Å². The van der Waals surface area contributed by atoms with Gasteiger partial charge in [-0.3, -0.25) is 4.55 Å². The molecule has 7 heteroatoms. The first-order valence-corrected chi connectivity index (χ1v) is 5.17. The Hall–Kier alpha value is 0.756. The molecule has 0 aliphatic carbocycles. The van der Waals surface area contributed by atoms with E-state index in [4.69, 9.17) is 4.55 Å². The summed E-state index contributed by atoms with van der Waals surface area (Å²) in [7, 11) is -3.11. The van der Waals surface area contributed by atoms with Gasteiger partial charge in [-0.15, -0.1) is 0 Å². The zero-order valence-electron chi connectivity index (χ0n) is 9.48. The van der Waals surface area contributed by atoms with Gasteiger partial charge in [-0.05, 0) is 6.42 Å². The van der Waals surface area contributed by atoms with Crippen molar-refractivity contribution in [3.05, 3.63) is 11.0 Å². The van der Waals surface area contributed by atoms with Gasteiger partial charge in [-0.25, -0.2) is 4.79 Å². The second-order valence-electron chi connectivity index (χ2n) is 2.40. The number of carbonyl (C=O) groups excluding carboxylic acids is 1. The van der Waals surface area contributed by atoms with Gasteiger partial charge in [-0.1, -0.05) is 13.3 Å². The number of rotatable bonds is 4. The maximum absolute atomic E-state index is 10.9. The van der Waals surface area contributed by atoms with Gasteiger partial charge >= 0.3 is 57.4 Å². The van der Waals surface area contributed by atoms with Gasteiger partial charge in [0.05, 0.1) is 18.1 Å². The van der Waals surface area contributed by atoms with Crippen LogP contribution in [-0.2, 0) is 19.6 Å². The van der Waals surface area contributed by atoms with E-state index in [9.17, 15) is 13.2 Å². The SMILES string of the molecule is CCCC(=CS(=O)(=O)O)C(=O)OC.[H-].[K+]. The summed E-state index contributed by atoms with van der Waals surface area (Å²) in [4.78, 5) is 10.9. The maximum Gasteiger partial charge on any atom is 1.00 e. The predicted molar refractivity (Wildman–Crippen MR) is 47.7 cm³/mol. The van der Waals surface area contributed by atoms with Gasteiger partial charge in [0.25, 0.3) is 10.1 Å². The van der Waals surface area contributed by atoms with E-state index in [0.717, 1.165) is 7.11 Å². The van der Waals surface area contributed by atoms with E-state index in [1.165, 1.54) is 0 Å². The van der Waals surface area contributed by atoms with E-state index in [1.807, 2.05) is 0 Å². The molecule has 0 atom stereocenters. The van der Waals surface area contributed by atoms with Crippen LogP contribution >= 0.6 is 0 Å². The fourth-order valence-electron chi connectivity index (χ4n) is 0.789. The number of methoxy groups -OCH3 is 1. The van der Waals surface area contributed by atoms with E-state index in [2.05, 4.69) is 4.74 Å². The minimum Gasteiger partial charge on any atom is -1.00 e. The summed E-state index contributed by atoms with van der Waals surface area (Å²) < 4.78 is 33.6. The molecule has 0 aliphatic rings. The van der Waals surface area contributed by atoms with Crippen molar-refractivity contribution in [2.75, 3.05) is 7.11 Å². The predicted octanol–water partition coefficient (Wildman–Crippen LogP) is -2.15. The van der Waals surface area contributed by atoms with Crippen LogP contribution in [0, 0.1) is 0 Å². The molecule has 0 heterocycles. The zero-order chi connectivity index (χ0) is 10.5. The first-order valence-electron chi connectivity index (χ1n) is 3.67. The van der Waals surface area contributed by atoms with E-state index in [0.29, 0.717) is 11.8 Å². The second-order valence-corrected chi connectivity index (χ2v) is 3.67. The molecular formula is C7H13KO5S. The average Bonchev–Trinajstić information content (AvgIpc) is 2.00. The van der Waals surface area contributed by atoms with Gasteiger partial charge < -0.3 is 6.16 Å². The number of esters is 1. The standard InChI is InChI=1S/C7H12O5S.K.H/c1-3-4-6(7(8)12-2)5-13(9,10)11;;/h5H,3-4H2,1-2H3,(H,9,10,11);;/q;+1;-1. The molecule has 0 rings (SSSR count). The quantitative estimate of drug-likeness (QED) is 0.265. The minimum absolute atomic E-state index is 0. The van der Waals surface area contributed by atoms with Crippen LogP contribution in [0.4, 0.5) is 0 Å². The Kier molecular flexibility index (Phi) is 9.77. The van der Waals surface area contributed by atoms with Gasteiger partial charge in [0.2, 0.25) is 0 Å². The van der Waals surface area contributed by atoms with Gasteiger partial charge in [-0.2, -0.15) is 8.42 Å². The van der Waals surface area contributed by atoms with Crippen molar-refractivity contribution in [3.8, 4) is 0 Å². The fraction of sp³-hybridized carbons (Fsp3) is 0.571. The first kappa shape index (κ1) is 17.2. The van der Waals surface area contributed by atoms with Crippen LogP contribution in [0.2, 0.25) is 0 Å². The average molecular weight is 248 g/mol. The van der Waals surface area contributed by atoms with Crippen molar-refractivity contribution < 1.29 is 75.3 Å². The molecule has 0 spiro atoms. The maximum atomic E-state index is 10.9. The normalized spacial score (nSPS) is 11.8. The van der Waals surface area contributed by atoms with Crippen LogP contribution in [0.15, 0.2) is 11.0 Å². The zero-order valence-corrected chi connectivity index (χ0v) is 12.4. The van der Waals surface area contributed by atoms with Crippen LogP contribution in [0.25, 0.3) is 0 Å². The third-order valence-corrected chi connectivity index (χ3v) is 1.84. The van der Waals surface area contributed by atoms with Gasteiger partial charge in [0, 0.05) is 0 Å². The molecule has 0 bridgehead atoms. The summed E-state index contributed by atoms with van der Waals surface area (Å²) in [5, 5.41) is 0.516. The van der Waals surface area contributed by atoms with Crippen molar-refractivity contribution in [1.82, 2.24) is 0 Å². The molecule has 1 N–H and O–H groups in total. The number of hydrogen-bond acceptors (Lipinski definition) is 4. The molecule has 0 aromatic heterocycles. The molecule has 0 aromatic rings. The number of ether oxygens (including phenoxy) is 1. The molecule has 0 unspecified atom stereocenters. The first-order chi connectivity index (χ1) is 5.90. The molecule has 14 heavy (non-hydrogen) atoms. The molecule has 0 saturated carbocycles. The third-order valence-electron chi connectivity index (χ3n) is 1.26. The monoisotopic (exact) mass is 248 g/mol. The molecular weight excluding hydrogens is 235 g/mol. The largest absolute Gasteiger partial charge is 1.00 e. The number of hydrogen-bond donors (Lipinski definition) is 1. The Morgan fingerprint density at radius 1 is 1.57 bits per heavy atom. The van der Waals surface area contributed by atoms with Crippen LogP contribution in [0.5, 0.6) is 0 Å².